The summed E-state index contributed by atoms with van der Waals surface area (Å²) in [6, 6.07) is 14.0. The normalized spacial score (nSPS) is 10.5. The standard InChI is InChI=1S/C20H15ClN2O2/c1-3-9-25-18-6-4-5-15(11-18)10-16(13-22)20(24)23-17-8-7-14(2)19(21)12-17/h1,4-8,10-12H,9H2,2H3,(H,23,24)/b16-10-. The molecule has 5 heteroatoms. The average Bonchev–Trinajstić information content (AvgIpc) is 2.61. The highest BCUT2D eigenvalue weighted by Crippen LogP contribution is 2.21. The van der Waals surface area contributed by atoms with E-state index in [0.717, 1.165) is 5.56 Å². The molecule has 0 heterocycles. The first-order valence-electron chi connectivity index (χ1n) is 7.39. The molecule has 4 nitrogen and oxygen atoms in total. The summed E-state index contributed by atoms with van der Waals surface area (Å²) in [4.78, 5) is 12.3. The molecule has 0 aliphatic heterocycles. The summed E-state index contributed by atoms with van der Waals surface area (Å²) in [6.45, 7) is 2.01. The van der Waals surface area contributed by atoms with Crippen molar-refractivity contribution in [3.8, 4) is 24.2 Å². The van der Waals surface area contributed by atoms with Crippen LogP contribution in [0, 0.1) is 30.6 Å². The Morgan fingerprint density at radius 1 is 1.36 bits per heavy atom. The molecule has 0 spiro atoms. The van der Waals surface area contributed by atoms with Gasteiger partial charge in [0.2, 0.25) is 0 Å². The van der Waals surface area contributed by atoms with Crippen molar-refractivity contribution in [1.29, 1.82) is 5.26 Å². The first kappa shape index (κ1) is 18.1. The van der Waals surface area contributed by atoms with Crippen LogP contribution in [0.5, 0.6) is 5.75 Å². The van der Waals surface area contributed by atoms with Crippen LogP contribution in [-0.4, -0.2) is 12.5 Å². The van der Waals surface area contributed by atoms with E-state index < -0.39 is 5.91 Å². The zero-order chi connectivity index (χ0) is 18.2. The molecule has 0 unspecified atom stereocenters. The molecule has 0 fully saturated rings. The summed E-state index contributed by atoms with van der Waals surface area (Å²) in [6.07, 6.45) is 6.64. The van der Waals surface area contributed by atoms with Gasteiger partial charge in [-0.3, -0.25) is 4.79 Å². The molecule has 124 valence electrons. The van der Waals surface area contributed by atoms with E-state index in [9.17, 15) is 10.1 Å². The number of ether oxygens (including phenoxy) is 1. The highest BCUT2D eigenvalue weighted by atomic mass is 35.5. The van der Waals surface area contributed by atoms with Crippen LogP contribution in [0.1, 0.15) is 11.1 Å². The molecule has 25 heavy (non-hydrogen) atoms. The number of halogens is 1. The van der Waals surface area contributed by atoms with Gasteiger partial charge in [0, 0.05) is 10.7 Å². The number of carbonyl (C=O) groups excluding carboxylic acids is 1. The summed E-state index contributed by atoms with van der Waals surface area (Å²) in [7, 11) is 0. The average molecular weight is 351 g/mol. The van der Waals surface area contributed by atoms with Crippen LogP contribution in [0.15, 0.2) is 48.0 Å². The molecule has 0 aromatic heterocycles. The van der Waals surface area contributed by atoms with Crippen LogP contribution in [-0.2, 0) is 4.79 Å². The lowest BCUT2D eigenvalue weighted by Gasteiger charge is -2.07. The second kappa shape index (κ2) is 8.59. The van der Waals surface area contributed by atoms with Gasteiger partial charge in [-0.1, -0.05) is 35.7 Å². The molecule has 0 radical (unpaired) electrons. The Kier molecular flexibility index (Phi) is 6.23. The molecule has 2 aromatic rings. The lowest BCUT2D eigenvalue weighted by atomic mass is 10.1. The third-order valence-electron chi connectivity index (χ3n) is 3.29. The van der Waals surface area contributed by atoms with E-state index >= 15 is 0 Å². The zero-order valence-electron chi connectivity index (χ0n) is 13.5. The second-order valence-electron chi connectivity index (χ2n) is 5.15. The number of benzene rings is 2. The Hall–Kier alpha value is -3.21. The van der Waals surface area contributed by atoms with Crippen molar-refractivity contribution in [3.63, 3.8) is 0 Å². The van der Waals surface area contributed by atoms with Crippen molar-refractivity contribution in [1.82, 2.24) is 0 Å². The third-order valence-corrected chi connectivity index (χ3v) is 3.69. The van der Waals surface area contributed by atoms with Gasteiger partial charge in [-0.15, -0.1) is 6.42 Å². The molecule has 0 bridgehead atoms. The fraction of sp³-hybridized carbons (Fsp3) is 0.100. The number of rotatable bonds is 5. The van der Waals surface area contributed by atoms with Gasteiger partial charge in [0.25, 0.3) is 5.91 Å². The van der Waals surface area contributed by atoms with Crippen molar-refractivity contribution in [2.45, 2.75) is 6.92 Å². The van der Waals surface area contributed by atoms with Crippen LogP contribution < -0.4 is 10.1 Å². The van der Waals surface area contributed by atoms with Gasteiger partial charge >= 0.3 is 0 Å². The number of aryl methyl sites for hydroxylation is 1. The quantitative estimate of drug-likeness (QED) is 0.499. The van der Waals surface area contributed by atoms with E-state index in [1.165, 1.54) is 6.08 Å². The number of nitrogens with one attached hydrogen (secondary N) is 1. The van der Waals surface area contributed by atoms with E-state index in [0.29, 0.717) is 22.0 Å². The van der Waals surface area contributed by atoms with Gasteiger partial charge in [0.1, 0.15) is 24.0 Å². The summed E-state index contributed by atoms with van der Waals surface area (Å²) in [5.74, 6) is 2.42. The number of carbonyl (C=O) groups is 1. The molecule has 0 saturated heterocycles. The molecule has 0 aliphatic carbocycles. The third kappa shape index (κ3) is 5.14. The lowest BCUT2D eigenvalue weighted by Crippen LogP contribution is -2.13. The minimum absolute atomic E-state index is 0.0363. The van der Waals surface area contributed by atoms with Crippen molar-refractivity contribution in [3.05, 3.63) is 64.2 Å². The van der Waals surface area contributed by atoms with Gasteiger partial charge in [-0.25, -0.2) is 0 Å². The van der Waals surface area contributed by atoms with E-state index in [1.54, 1.807) is 42.5 Å². The molecule has 0 saturated carbocycles. The molecule has 0 aliphatic rings. The Morgan fingerprint density at radius 2 is 2.16 bits per heavy atom. The predicted octanol–water partition coefficient (Wildman–Crippen LogP) is 4.21. The minimum Gasteiger partial charge on any atom is -0.481 e. The smallest absolute Gasteiger partial charge is 0.266 e. The molecule has 0 atom stereocenters. The van der Waals surface area contributed by atoms with Gasteiger partial charge in [0.15, 0.2) is 0 Å². The van der Waals surface area contributed by atoms with Crippen LogP contribution >= 0.6 is 11.6 Å². The first-order chi connectivity index (χ1) is 12.0. The number of nitrogens with zero attached hydrogens (tertiary/aromatic N) is 1. The number of amides is 1. The van der Waals surface area contributed by atoms with Crippen LogP contribution in [0.3, 0.4) is 0 Å². The monoisotopic (exact) mass is 350 g/mol. The van der Waals surface area contributed by atoms with Gasteiger partial charge in [0.05, 0.1) is 0 Å². The lowest BCUT2D eigenvalue weighted by molar-refractivity contribution is -0.112. The van der Waals surface area contributed by atoms with Crippen molar-refractivity contribution in [2.24, 2.45) is 0 Å². The summed E-state index contributed by atoms with van der Waals surface area (Å²) in [5, 5.41) is 12.5. The molecular formula is C20H15ClN2O2. The Labute approximate surface area is 151 Å². The highest BCUT2D eigenvalue weighted by molar-refractivity contribution is 6.31. The maximum Gasteiger partial charge on any atom is 0.266 e. The maximum absolute atomic E-state index is 12.3. The van der Waals surface area contributed by atoms with E-state index in [4.69, 9.17) is 22.8 Å². The van der Waals surface area contributed by atoms with Crippen molar-refractivity contribution < 1.29 is 9.53 Å². The fourth-order valence-electron chi connectivity index (χ4n) is 2.00. The summed E-state index contributed by atoms with van der Waals surface area (Å²) >= 11 is 6.04. The topological polar surface area (TPSA) is 62.1 Å². The maximum atomic E-state index is 12.3. The summed E-state index contributed by atoms with van der Waals surface area (Å²) < 4.78 is 5.33. The van der Waals surface area contributed by atoms with Crippen molar-refractivity contribution >= 4 is 29.3 Å². The van der Waals surface area contributed by atoms with Crippen LogP contribution in [0.2, 0.25) is 5.02 Å². The summed E-state index contributed by atoms with van der Waals surface area (Å²) in [5.41, 5.74) is 2.04. The van der Waals surface area contributed by atoms with E-state index in [2.05, 4.69) is 11.2 Å². The van der Waals surface area contributed by atoms with E-state index in [1.807, 2.05) is 13.0 Å². The highest BCUT2D eigenvalue weighted by Gasteiger charge is 2.10. The van der Waals surface area contributed by atoms with E-state index in [-0.39, 0.29) is 12.2 Å². The Morgan fingerprint density at radius 3 is 2.84 bits per heavy atom. The Bertz CT molecular complexity index is 905. The minimum atomic E-state index is -0.516. The Balaban J connectivity index is 2.19. The van der Waals surface area contributed by atoms with Gasteiger partial charge in [-0.05, 0) is 48.4 Å². The number of anilines is 1. The van der Waals surface area contributed by atoms with Crippen LogP contribution in [0.4, 0.5) is 5.69 Å². The number of hydrogen-bond acceptors (Lipinski definition) is 3. The number of terminal acetylenes is 1. The van der Waals surface area contributed by atoms with Gasteiger partial charge < -0.3 is 10.1 Å². The second-order valence-corrected chi connectivity index (χ2v) is 5.56. The molecular weight excluding hydrogens is 336 g/mol. The largest absolute Gasteiger partial charge is 0.481 e. The van der Waals surface area contributed by atoms with Crippen LogP contribution in [0.25, 0.3) is 6.08 Å². The van der Waals surface area contributed by atoms with Crippen molar-refractivity contribution in [2.75, 3.05) is 11.9 Å². The first-order valence-corrected chi connectivity index (χ1v) is 7.77. The predicted molar refractivity (Wildman–Crippen MR) is 99.2 cm³/mol. The molecule has 1 N–H and O–H groups in total. The van der Waals surface area contributed by atoms with Gasteiger partial charge in [-0.2, -0.15) is 5.26 Å². The number of hydrogen-bond donors (Lipinski definition) is 1. The molecule has 2 rings (SSSR count). The SMILES string of the molecule is C#CCOc1cccc(/C=C(/C#N)C(=O)Nc2ccc(C)c(Cl)c2)c1. The molecule has 1 amide bonds. The zero-order valence-corrected chi connectivity index (χ0v) is 14.3. The number of nitriles is 1. The molecule has 2 aromatic carbocycles. The fourth-order valence-corrected chi connectivity index (χ4v) is 2.18.